The highest BCUT2D eigenvalue weighted by atomic mass is 16.3. The monoisotopic (exact) mass is 183 g/mol. The van der Waals surface area contributed by atoms with E-state index in [-0.39, 0.29) is 18.1 Å². The number of aryl methyl sites for hydroxylation is 1. The van der Waals surface area contributed by atoms with Gasteiger partial charge >= 0.3 is 0 Å². The van der Waals surface area contributed by atoms with Gasteiger partial charge in [0.25, 0.3) is 0 Å². The number of aliphatic hydroxyl groups excluding tert-OH is 1. The van der Waals surface area contributed by atoms with E-state index < -0.39 is 6.04 Å². The molecule has 1 rings (SSSR count). The van der Waals surface area contributed by atoms with Gasteiger partial charge in [-0.05, 0) is 18.6 Å². The molecule has 0 aromatic heterocycles. The molecule has 1 aromatic carbocycles. The SMILES string of the molecule is Cc1cc(C(N)CO)c(O)cc1O. The Bertz CT molecular complexity index is 312. The molecule has 5 N–H and O–H groups in total. The van der Waals surface area contributed by atoms with Crippen LogP contribution in [0.4, 0.5) is 0 Å². The Morgan fingerprint density at radius 1 is 1.31 bits per heavy atom. The lowest BCUT2D eigenvalue weighted by Gasteiger charge is -2.12. The minimum atomic E-state index is -0.612. The van der Waals surface area contributed by atoms with Crippen molar-refractivity contribution in [3.63, 3.8) is 0 Å². The fraction of sp³-hybridized carbons (Fsp3) is 0.333. The van der Waals surface area contributed by atoms with Gasteiger partial charge in [-0.2, -0.15) is 0 Å². The lowest BCUT2D eigenvalue weighted by Crippen LogP contribution is -2.14. The number of phenols is 2. The number of hydrogen-bond acceptors (Lipinski definition) is 4. The first-order valence-electron chi connectivity index (χ1n) is 3.95. The van der Waals surface area contributed by atoms with Crippen LogP contribution in [-0.4, -0.2) is 21.9 Å². The number of nitrogens with two attached hydrogens (primary N) is 1. The van der Waals surface area contributed by atoms with Crippen molar-refractivity contribution in [2.24, 2.45) is 5.73 Å². The van der Waals surface area contributed by atoms with Crippen molar-refractivity contribution < 1.29 is 15.3 Å². The molecule has 0 fully saturated rings. The van der Waals surface area contributed by atoms with Gasteiger partial charge in [-0.1, -0.05) is 0 Å². The van der Waals surface area contributed by atoms with Crippen LogP contribution in [0, 0.1) is 6.92 Å². The number of benzene rings is 1. The quantitative estimate of drug-likeness (QED) is 0.534. The molecule has 0 aliphatic carbocycles. The summed E-state index contributed by atoms with van der Waals surface area (Å²) in [6, 6.07) is 2.17. The Morgan fingerprint density at radius 2 is 1.92 bits per heavy atom. The first kappa shape index (κ1) is 9.83. The molecule has 13 heavy (non-hydrogen) atoms. The molecule has 1 atom stereocenters. The summed E-state index contributed by atoms with van der Waals surface area (Å²) in [6.07, 6.45) is 0. The maximum absolute atomic E-state index is 9.37. The van der Waals surface area contributed by atoms with E-state index in [9.17, 15) is 10.2 Å². The van der Waals surface area contributed by atoms with Crippen LogP contribution in [0.5, 0.6) is 11.5 Å². The van der Waals surface area contributed by atoms with Crippen molar-refractivity contribution in [1.29, 1.82) is 0 Å². The summed E-state index contributed by atoms with van der Waals surface area (Å²) in [5.41, 5.74) is 6.59. The summed E-state index contributed by atoms with van der Waals surface area (Å²) in [6.45, 7) is 1.46. The van der Waals surface area contributed by atoms with E-state index in [2.05, 4.69) is 0 Å². The van der Waals surface area contributed by atoms with Gasteiger partial charge in [0.05, 0.1) is 12.6 Å². The maximum atomic E-state index is 9.37. The van der Waals surface area contributed by atoms with E-state index >= 15 is 0 Å². The molecular weight excluding hydrogens is 170 g/mol. The number of hydrogen-bond donors (Lipinski definition) is 4. The fourth-order valence-corrected chi connectivity index (χ4v) is 1.10. The second kappa shape index (κ2) is 3.64. The molecule has 0 radical (unpaired) electrons. The van der Waals surface area contributed by atoms with Crippen molar-refractivity contribution in [2.45, 2.75) is 13.0 Å². The van der Waals surface area contributed by atoms with Gasteiger partial charge in [-0.25, -0.2) is 0 Å². The van der Waals surface area contributed by atoms with Crippen LogP contribution in [0.25, 0.3) is 0 Å². The molecule has 0 saturated heterocycles. The summed E-state index contributed by atoms with van der Waals surface area (Å²) < 4.78 is 0. The van der Waals surface area contributed by atoms with Crippen LogP contribution in [0.2, 0.25) is 0 Å². The first-order valence-corrected chi connectivity index (χ1v) is 3.95. The van der Waals surface area contributed by atoms with Crippen LogP contribution in [0.15, 0.2) is 12.1 Å². The Kier molecular flexibility index (Phi) is 2.75. The van der Waals surface area contributed by atoms with Crippen molar-refractivity contribution in [1.82, 2.24) is 0 Å². The summed E-state index contributed by atoms with van der Waals surface area (Å²) in [4.78, 5) is 0. The maximum Gasteiger partial charge on any atom is 0.124 e. The Morgan fingerprint density at radius 3 is 2.46 bits per heavy atom. The van der Waals surface area contributed by atoms with Crippen LogP contribution < -0.4 is 5.73 Å². The highest BCUT2D eigenvalue weighted by Gasteiger charge is 2.11. The summed E-state index contributed by atoms with van der Waals surface area (Å²) in [5.74, 6) is -0.0731. The van der Waals surface area contributed by atoms with E-state index in [4.69, 9.17) is 10.8 Å². The molecule has 0 amide bonds. The van der Waals surface area contributed by atoms with Gasteiger partial charge in [0.2, 0.25) is 0 Å². The summed E-state index contributed by atoms with van der Waals surface area (Å²) >= 11 is 0. The van der Waals surface area contributed by atoms with Crippen molar-refractivity contribution in [3.8, 4) is 11.5 Å². The highest BCUT2D eigenvalue weighted by molar-refractivity contribution is 5.45. The number of phenolic OH excluding ortho intramolecular Hbond substituents is 2. The van der Waals surface area contributed by atoms with Gasteiger partial charge in [-0.15, -0.1) is 0 Å². The third kappa shape index (κ3) is 1.91. The van der Waals surface area contributed by atoms with Crippen LogP contribution in [-0.2, 0) is 0 Å². The average Bonchev–Trinajstić information content (AvgIpc) is 2.10. The zero-order valence-corrected chi connectivity index (χ0v) is 7.36. The molecule has 0 heterocycles. The van der Waals surface area contributed by atoms with Crippen molar-refractivity contribution in [3.05, 3.63) is 23.3 Å². The molecule has 1 unspecified atom stereocenters. The van der Waals surface area contributed by atoms with Gasteiger partial charge in [0, 0.05) is 11.6 Å². The smallest absolute Gasteiger partial charge is 0.124 e. The molecule has 1 aromatic rings. The minimum absolute atomic E-state index is 0.0198. The van der Waals surface area contributed by atoms with E-state index in [0.717, 1.165) is 0 Å². The number of aliphatic hydroxyl groups is 1. The van der Waals surface area contributed by atoms with Crippen molar-refractivity contribution in [2.75, 3.05) is 6.61 Å². The molecule has 0 bridgehead atoms. The van der Waals surface area contributed by atoms with Gasteiger partial charge < -0.3 is 21.1 Å². The van der Waals surface area contributed by atoms with E-state index in [1.807, 2.05) is 0 Å². The second-order valence-electron chi connectivity index (χ2n) is 2.99. The van der Waals surface area contributed by atoms with Gasteiger partial charge in [0.1, 0.15) is 11.5 Å². The topological polar surface area (TPSA) is 86.7 Å². The lowest BCUT2D eigenvalue weighted by molar-refractivity contribution is 0.265. The molecule has 0 aliphatic heterocycles. The minimum Gasteiger partial charge on any atom is -0.508 e. The molecule has 72 valence electrons. The molecule has 0 saturated carbocycles. The summed E-state index contributed by atoms with van der Waals surface area (Å²) in [7, 11) is 0. The fourth-order valence-electron chi connectivity index (χ4n) is 1.10. The first-order chi connectivity index (χ1) is 6.06. The molecule has 4 heteroatoms. The van der Waals surface area contributed by atoms with Crippen LogP contribution in [0.1, 0.15) is 17.2 Å². The predicted octanol–water partition coefficient (Wildman–Crippen LogP) is 0.398. The Labute approximate surface area is 76.2 Å². The average molecular weight is 183 g/mol. The largest absolute Gasteiger partial charge is 0.508 e. The van der Waals surface area contributed by atoms with Gasteiger partial charge in [-0.3, -0.25) is 0 Å². The highest BCUT2D eigenvalue weighted by Crippen LogP contribution is 2.29. The van der Waals surface area contributed by atoms with E-state index in [0.29, 0.717) is 11.1 Å². The zero-order chi connectivity index (χ0) is 10.0. The third-order valence-corrected chi connectivity index (χ3v) is 1.94. The Balaban J connectivity index is 3.15. The van der Waals surface area contributed by atoms with Crippen LogP contribution in [0.3, 0.4) is 0 Å². The van der Waals surface area contributed by atoms with Crippen LogP contribution >= 0.6 is 0 Å². The molecule has 0 spiro atoms. The molecular formula is C9H13NO3. The Hall–Kier alpha value is -1.26. The van der Waals surface area contributed by atoms with Gasteiger partial charge in [0.15, 0.2) is 0 Å². The van der Waals surface area contributed by atoms with E-state index in [1.54, 1.807) is 13.0 Å². The third-order valence-electron chi connectivity index (χ3n) is 1.94. The second-order valence-corrected chi connectivity index (χ2v) is 2.99. The summed E-state index contributed by atoms with van der Waals surface area (Å²) in [5, 5.41) is 27.4. The number of rotatable bonds is 2. The van der Waals surface area contributed by atoms with E-state index in [1.165, 1.54) is 6.07 Å². The predicted molar refractivity (Wildman–Crippen MR) is 48.5 cm³/mol. The lowest BCUT2D eigenvalue weighted by atomic mass is 10.0. The normalized spacial score (nSPS) is 12.8. The zero-order valence-electron chi connectivity index (χ0n) is 7.36. The number of aromatic hydroxyl groups is 2. The molecule has 4 nitrogen and oxygen atoms in total. The standard InChI is InChI=1S/C9H13NO3/c1-5-2-6(7(10)4-11)9(13)3-8(5)12/h2-3,7,11-13H,4,10H2,1H3. The van der Waals surface area contributed by atoms with Crippen molar-refractivity contribution >= 4 is 0 Å². The molecule has 0 aliphatic rings.